The zero-order valence-corrected chi connectivity index (χ0v) is 12.1. The minimum absolute atomic E-state index is 0.0391. The summed E-state index contributed by atoms with van der Waals surface area (Å²) in [4.78, 5) is 14.4. The SMILES string of the molecule is C[C@@H]1CCC[C@H](C)N1C(=O)c1nn(C)cc1Br. The second-order valence-corrected chi connectivity index (χ2v) is 5.70. The fourth-order valence-corrected chi connectivity index (χ4v) is 3.09. The maximum Gasteiger partial charge on any atom is 0.276 e. The molecular weight excluding hydrogens is 282 g/mol. The summed E-state index contributed by atoms with van der Waals surface area (Å²) in [6, 6.07) is 0.611. The van der Waals surface area contributed by atoms with E-state index < -0.39 is 0 Å². The van der Waals surface area contributed by atoms with E-state index >= 15 is 0 Å². The number of amides is 1. The minimum atomic E-state index is 0.0391. The molecule has 1 fully saturated rings. The maximum absolute atomic E-state index is 12.5. The van der Waals surface area contributed by atoms with Crippen LogP contribution in [0.1, 0.15) is 43.6 Å². The van der Waals surface area contributed by atoms with Gasteiger partial charge < -0.3 is 4.90 Å². The molecule has 1 aromatic heterocycles. The normalized spacial score (nSPS) is 25.1. The Kier molecular flexibility index (Phi) is 3.56. The summed E-state index contributed by atoms with van der Waals surface area (Å²) in [5.74, 6) is 0.0391. The van der Waals surface area contributed by atoms with E-state index in [4.69, 9.17) is 0 Å². The van der Waals surface area contributed by atoms with Crippen molar-refractivity contribution in [2.24, 2.45) is 7.05 Å². The van der Waals surface area contributed by atoms with Gasteiger partial charge in [0.15, 0.2) is 5.69 Å². The lowest BCUT2D eigenvalue weighted by Crippen LogP contribution is -2.47. The monoisotopic (exact) mass is 299 g/mol. The molecular formula is C12H18BrN3O. The highest BCUT2D eigenvalue weighted by atomic mass is 79.9. The molecule has 1 aliphatic rings. The molecule has 0 N–H and O–H groups in total. The number of aromatic nitrogens is 2. The molecule has 1 aromatic rings. The van der Waals surface area contributed by atoms with E-state index in [2.05, 4.69) is 34.9 Å². The van der Waals surface area contributed by atoms with Crippen LogP contribution in [0.3, 0.4) is 0 Å². The van der Waals surface area contributed by atoms with Gasteiger partial charge in [0.25, 0.3) is 5.91 Å². The van der Waals surface area contributed by atoms with Crippen LogP contribution in [0, 0.1) is 0 Å². The summed E-state index contributed by atoms with van der Waals surface area (Å²) in [6.45, 7) is 4.23. The van der Waals surface area contributed by atoms with Gasteiger partial charge >= 0.3 is 0 Å². The summed E-state index contributed by atoms with van der Waals surface area (Å²) >= 11 is 3.39. The molecule has 1 aliphatic heterocycles. The highest BCUT2D eigenvalue weighted by Crippen LogP contribution is 2.26. The van der Waals surface area contributed by atoms with Crippen LogP contribution < -0.4 is 0 Å². The number of nitrogens with zero attached hydrogens (tertiary/aromatic N) is 3. The quantitative estimate of drug-likeness (QED) is 0.799. The second kappa shape index (κ2) is 4.80. The summed E-state index contributed by atoms with van der Waals surface area (Å²) in [6.07, 6.45) is 5.18. The Bertz CT molecular complexity index is 419. The molecule has 0 bridgehead atoms. The fraction of sp³-hybridized carbons (Fsp3) is 0.667. The first-order chi connectivity index (χ1) is 8.00. The minimum Gasteiger partial charge on any atom is -0.332 e. The van der Waals surface area contributed by atoms with Crippen LogP contribution in [-0.4, -0.2) is 32.7 Å². The lowest BCUT2D eigenvalue weighted by atomic mass is 9.97. The highest BCUT2D eigenvalue weighted by Gasteiger charge is 2.31. The number of hydrogen-bond acceptors (Lipinski definition) is 2. The number of piperidine rings is 1. The fourth-order valence-electron chi connectivity index (χ4n) is 2.55. The average molecular weight is 300 g/mol. The first kappa shape index (κ1) is 12.6. The van der Waals surface area contributed by atoms with Gasteiger partial charge in [-0.1, -0.05) is 0 Å². The Labute approximate surface area is 110 Å². The maximum atomic E-state index is 12.5. The number of carbonyl (C=O) groups excluding carboxylic acids is 1. The molecule has 0 radical (unpaired) electrons. The molecule has 17 heavy (non-hydrogen) atoms. The molecule has 5 heteroatoms. The van der Waals surface area contributed by atoms with Crippen LogP contribution >= 0.6 is 15.9 Å². The van der Waals surface area contributed by atoms with Crippen molar-refractivity contribution in [3.63, 3.8) is 0 Å². The van der Waals surface area contributed by atoms with Crippen molar-refractivity contribution in [3.05, 3.63) is 16.4 Å². The first-order valence-electron chi connectivity index (χ1n) is 6.02. The third-order valence-electron chi connectivity index (χ3n) is 3.41. The number of halogens is 1. The first-order valence-corrected chi connectivity index (χ1v) is 6.82. The molecule has 1 amide bonds. The predicted molar refractivity (Wildman–Crippen MR) is 69.9 cm³/mol. The Morgan fingerprint density at radius 3 is 2.47 bits per heavy atom. The van der Waals surface area contributed by atoms with E-state index in [0.29, 0.717) is 17.8 Å². The molecule has 2 heterocycles. The van der Waals surface area contributed by atoms with Crippen LogP contribution in [-0.2, 0) is 7.05 Å². The summed E-state index contributed by atoms with van der Waals surface area (Å²) < 4.78 is 2.44. The number of carbonyl (C=O) groups is 1. The predicted octanol–water partition coefficient (Wildman–Crippen LogP) is 2.59. The summed E-state index contributed by atoms with van der Waals surface area (Å²) in [5, 5.41) is 4.23. The van der Waals surface area contributed by atoms with E-state index in [1.807, 2.05) is 18.1 Å². The summed E-state index contributed by atoms with van der Waals surface area (Å²) in [5.41, 5.74) is 0.521. The van der Waals surface area contributed by atoms with Crippen molar-refractivity contribution in [1.29, 1.82) is 0 Å². The molecule has 2 atom stereocenters. The van der Waals surface area contributed by atoms with Gasteiger partial charge in [-0.3, -0.25) is 9.48 Å². The molecule has 0 unspecified atom stereocenters. The van der Waals surface area contributed by atoms with Crippen molar-refractivity contribution < 1.29 is 4.79 Å². The third-order valence-corrected chi connectivity index (χ3v) is 4.00. The van der Waals surface area contributed by atoms with Crippen LogP contribution in [0.15, 0.2) is 10.7 Å². The standard InChI is InChI=1S/C12H18BrN3O/c1-8-5-4-6-9(2)16(8)12(17)11-10(13)7-15(3)14-11/h7-9H,4-6H2,1-3H3/t8-,9+. The zero-order valence-electron chi connectivity index (χ0n) is 10.5. The van der Waals surface area contributed by atoms with Crippen molar-refractivity contribution in [3.8, 4) is 0 Å². The van der Waals surface area contributed by atoms with Crippen LogP contribution in [0.4, 0.5) is 0 Å². The number of aryl methyl sites for hydroxylation is 1. The molecule has 0 aromatic carbocycles. The molecule has 0 saturated carbocycles. The van der Waals surface area contributed by atoms with Gasteiger partial charge in [-0.25, -0.2) is 0 Å². The molecule has 94 valence electrons. The summed E-state index contributed by atoms with van der Waals surface area (Å²) in [7, 11) is 1.82. The van der Waals surface area contributed by atoms with E-state index in [0.717, 1.165) is 17.3 Å². The van der Waals surface area contributed by atoms with E-state index in [9.17, 15) is 4.79 Å². The van der Waals surface area contributed by atoms with Gasteiger partial charge in [-0.15, -0.1) is 0 Å². The van der Waals surface area contributed by atoms with Crippen LogP contribution in [0.25, 0.3) is 0 Å². The smallest absolute Gasteiger partial charge is 0.276 e. The molecule has 4 nitrogen and oxygen atoms in total. The van der Waals surface area contributed by atoms with Crippen molar-refractivity contribution in [1.82, 2.24) is 14.7 Å². The topological polar surface area (TPSA) is 38.1 Å². The van der Waals surface area contributed by atoms with Crippen molar-refractivity contribution >= 4 is 21.8 Å². The van der Waals surface area contributed by atoms with Gasteiger partial charge in [-0.05, 0) is 49.0 Å². The number of hydrogen-bond donors (Lipinski definition) is 0. The van der Waals surface area contributed by atoms with Gasteiger partial charge in [0, 0.05) is 25.3 Å². The van der Waals surface area contributed by atoms with Gasteiger partial charge in [0.05, 0.1) is 4.47 Å². The lowest BCUT2D eigenvalue weighted by molar-refractivity contribution is 0.0503. The third kappa shape index (κ3) is 2.39. The lowest BCUT2D eigenvalue weighted by Gasteiger charge is -2.38. The van der Waals surface area contributed by atoms with E-state index in [-0.39, 0.29) is 5.91 Å². The zero-order chi connectivity index (χ0) is 12.6. The van der Waals surface area contributed by atoms with Gasteiger partial charge in [0.1, 0.15) is 0 Å². The van der Waals surface area contributed by atoms with E-state index in [1.165, 1.54) is 6.42 Å². The Morgan fingerprint density at radius 1 is 1.41 bits per heavy atom. The highest BCUT2D eigenvalue weighted by molar-refractivity contribution is 9.10. The van der Waals surface area contributed by atoms with Gasteiger partial charge in [-0.2, -0.15) is 5.10 Å². The Balaban J connectivity index is 2.27. The number of likely N-dealkylation sites (tertiary alicyclic amines) is 1. The molecule has 2 rings (SSSR count). The largest absolute Gasteiger partial charge is 0.332 e. The molecule has 1 saturated heterocycles. The molecule has 0 aliphatic carbocycles. The Morgan fingerprint density at radius 2 is 2.00 bits per heavy atom. The van der Waals surface area contributed by atoms with Crippen molar-refractivity contribution in [2.45, 2.75) is 45.2 Å². The average Bonchev–Trinajstić information content (AvgIpc) is 2.57. The van der Waals surface area contributed by atoms with Crippen LogP contribution in [0.2, 0.25) is 0 Å². The second-order valence-electron chi connectivity index (χ2n) is 4.84. The van der Waals surface area contributed by atoms with Crippen molar-refractivity contribution in [2.75, 3.05) is 0 Å². The number of rotatable bonds is 1. The Hall–Kier alpha value is -0.840. The van der Waals surface area contributed by atoms with Crippen LogP contribution in [0.5, 0.6) is 0 Å². The molecule has 0 spiro atoms. The van der Waals surface area contributed by atoms with E-state index in [1.54, 1.807) is 4.68 Å². The van der Waals surface area contributed by atoms with Gasteiger partial charge in [0.2, 0.25) is 0 Å².